The van der Waals surface area contributed by atoms with Gasteiger partial charge in [-0.3, -0.25) is 14.9 Å². The highest BCUT2D eigenvalue weighted by molar-refractivity contribution is 5.67. The molecule has 32 heavy (non-hydrogen) atoms. The van der Waals surface area contributed by atoms with Crippen molar-refractivity contribution in [3.05, 3.63) is 42.9 Å². The van der Waals surface area contributed by atoms with Gasteiger partial charge >= 0.3 is 5.97 Å². The standard InChI is InChI=1S/C24H28N6O2/c31-21(32)14-17-5-7-24(8-6-17)9-12-30(13-10-24)20-4-3-19(16-26-20)23-27-22(28-29-23)18-2-1-11-25-15-18/h1-4,11,15-17H,5-10,12-14H2,(H,31,32)(H,27,28,29). The largest absolute Gasteiger partial charge is 0.481 e. The smallest absolute Gasteiger partial charge is 0.303 e. The van der Waals surface area contributed by atoms with Crippen molar-refractivity contribution in [3.63, 3.8) is 0 Å². The van der Waals surface area contributed by atoms with Crippen molar-refractivity contribution >= 4 is 11.8 Å². The van der Waals surface area contributed by atoms with Crippen LogP contribution in [0.5, 0.6) is 0 Å². The van der Waals surface area contributed by atoms with Gasteiger partial charge in [0.15, 0.2) is 11.6 Å². The van der Waals surface area contributed by atoms with E-state index < -0.39 is 5.97 Å². The molecule has 0 atom stereocenters. The summed E-state index contributed by atoms with van der Waals surface area (Å²) >= 11 is 0. The summed E-state index contributed by atoms with van der Waals surface area (Å²) in [7, 11) is 0. The van der Waals surface area contributed by atoms with Crippen LogP contribution in [0, 0.1) is 11.3 Å². The number of hydrogen-bond acceptors (Lipinski definition) is 6. The van der Waals surface area contributed by atoms with Crippen LogP contribution in [0.2, 0.25) is 0 Å². The summed E-state index contributed by atoms with van der Waals surface area (Å²) in [6.45, 7) is 2.01. The van der Waals surface area contributed by atoms with Crippen molar-refractivity contribution in [1.82, 2.24) is 25.1 Å². The monoisotopic (exact) mass is 432 g/mol. The third-order valence-electron chi connectivity index (χ3n) is 7.20. The van der Waals surface area contributed by atoms with Crippen LogP contribution < -0.4 is 4.90 Å². The first kappa shape index (κ1) is 20.6. The Morgan fingerprint density at radius 2 is 1.91 bits per heavy atom. The molecule has 166 valence electrons. The van der Waals surface area contributed by atoms with Gasteiger partial charge in [-0.25, -0.2) is 9.97 Å². The minimum Gasteiger partial charge on any atom is -0.481 e. The molecule has 3 aromatic rings. The number of pyridine rings is 2. The van der Waals surface area contributed by atoms with Crippen molar-refractivity contribution in [3.8, 4) is 22.8 Å². The van der Waals surface area contributed by atoms with Gasteiger partial charge in [0.2, 0.25) is 0 Å². The minimum atomic E-state index is -0.658. The Morgan fingerprint density at radius 1 is 1.09 bits per heavy atom. The number of hydrogen-bond donors (Lipinski definition) is 2. The molecule has 1 saturated heterocycles. The van der Waals surface area contributed by atoms with Gasteiger partial charge in [0.25, 0.3) is 0 Å². The molecule has 8 heteroatoms. The molecule has 3 aromatic heterocycles. The van der Waals surface area contributed by atoms with E-state index in [9.17, 15) is 4.79 Å². The summed E-state index contributed by atoms with van der Waals surface area (Å²) in [5.74, 6) is 2.01. The van der Waals surface area contributed by atoms with Crippen LogP contribution >= 0.6 is 0 Å². The van der Waals surface area contributed by atoms with Crippen molar-refractivity contribution in [1.29, 1.82) is 0 Å². The number of carbonyl (C=O) groups is 1. The van der Waals surface area contributed by atoms with Crippen LogP contribution in [0.25, 0.3) is 22.8 Å². The molecular formula is C24H28N6O2. The highest BCUT2D eigenvalue weighted by atomic mass is 16.4. The first-order chi connectivity index (χ1) is 15.6. The van der Waals surface area contributed by atoms with Crippen LogP contribution in [-0.4, -0.2) is 49.3 Å². The number of aliphatic carboxylic acids is 1. The number of H-pyrrole nitrogens is 1. The molecule has 4 heterocycles. The van der Waals surface area contributed by atoms with E-state index in [1.54, 1.807) is 12.4 Å². The highest BCUT2D eigenvalue weighted by Crippen LogP contribution is 2.47. The maximum absolute atomic E-state index is 11.0. The SMILES string of the molecule is O=C(O)CC1CCC2(CC1)CCN(c1ccc(-c3nc(-c4cccnc4)n[nH]3)cn1)CC2. The normalized spacial score (nSPS) is 18.7. The maximum Gasteiger partial charge on any atom is 0.303 e. The second-order valence-electron chi connectivity index (χ2n) is 9.18. The lowest BCUT2D eigenvalue weighted by Crippen LogP contribution is -2.42. The molecule has 0 bridgehead atoms. The first-order valence-electron chi connectivity index (χ1n) is 11.4. The fourth-order valence-electron chi connectivity index (χ4n) is 5.18. The van der Waals surface area contributed by atoms with E-state index in [-0.39, 0.29) is 0 Å². The Bertz CT molecular complexity index is 1050. The van der Waals surface area contributed by atoms with Gasteiger partial charge in [-0.2, -0.15) is 5.10 Å². The van der Waals surface area contributed by atoms with E-state index in [0.29, 0.717) is 29.4 Å². The van der Waals surface area contributed by atoms with E-state index in [1.165, 1.54) is 0 Å². The van der Waals surface area contributed by atoms with E-state index in [1.807, 2.05) is 24.4 Å². The fraction of sp³-hybridized carbons (Fsp3) is 0.458. The Balaban J connectivity index is 1.19. The molecule has 2 aliphatic rings. The Hall–Kier alpha value is -3.29. The van der Waals surface area contributed by atoms with E-state index in [2.05, 4.69) is 31.1 Å². The summed E-state index contributed by atoms with van der Waals surface area (Å²) < 4.78 is 0. The predicted octanol–water partition coefficient (Wildman–Crippen LogP) is 4.18. The van der Waals surface area contributed by atoms with Crippen molar-refractivity contribution in [2.24, 2.45) is 11.3 Å². The summed E-state index contributed by atoms with van der Waals surface area (Å²) in [5, 5.41) is 16.3. The Kier molecular flexibility index (Phi) is 5.59. The highest BCUT2D eigenvalue weighted by Gasteiger charge is 2.38. The van der Waals surface area contributed by atoms with Crippen LogP contribution in [0.1, 0.15) is 44.9 Å². The number of nitrogens with one attached hydrogen (secondary N) is 1. The van der Waals surface area contributed by atoms with Gasteiger partial charge < -0.3 is 10.0 Å². The molecule has 0 unspecified atom stereocenters. The van der Waals surface area contributed by atoms with E-state index in [4.69, 9.17) is 10.1 Å². The number of carboxylic acids is 1. The number of aromatic nitrogens is 5. The minimum absolute atomic E-state index is 0.327. The van der Waals surface area contributed by atoms with Gasteiger partial charge in [0.05, 0.1) is 0 Å². The van der Waals surface area contributed by atoms with Crippen LogP contribution in [0.3, 0.4) is 0 Å². The number of nitrogens with zero attached hydrogens (tertiary/aromatic N) is 5. The zero-order valence-electron chi connectivity index (χ0n) is 18.1. The Labute approximate surface area is 187 Å². The second kappa shape index (κ2) is 8.68. The van der Waals surface area contributed by atoms with E-state index >= 15 is 0 Å². The average Bonchev–Trinajstić information content (AvgIpc) is 3.32. The number of carboxylic acid groups (broad SMARTS) is 1. The molecule has 2 fully saturated rings. The van der Waals surface area contributed by atoms with Crippen molar-refractivity contribution in [2.45, 2.75) is 44.9 Å². The molecule has 5 rings (SSSR count). The third kappa shape index (κ3) is 4.35. The van der Waals surface area contributed by atoms with Gasteiger partial charge in [-0.15, -0.1) is 0 Å². The molecule has 1 aliphatic carbocycles. The molecule has 0 aromatic carbocycles. The summed E-state index contributed by atoms with van der Waals surface area (Å²) in [6.07, 6.45) is 12.4. The molecule has 2 N–H and O–H groups in total. The van der Waals surface area contributed by atoms with E-state index in [0.717, 1.165) is 68.6 Å². The number of anilines is 1. The Morgan fingerprint density at radius 3 is 2.56 bits per heavy atom. The molecule has 0 radical (unpaired) electrons. The van der Waals surface area contributed by atoms with Gasteiger partial charge in [-0.05, 0) is 74.1 Å². The molecular weight excluding hydrogens is 404 g/mol. The first-order valence-corrected chi connectivity index (χ1v) is 11.4. The average molecular weight is 433 g/mol. The predicted molar refractivity (Wildman–Crippen MR) is 121 cm³/mol. The molecule has 8 nitrogen and oxygen atoms in total. The van der Waals surface area contributed by atoms with Gasteiger partial charge in [0, 0.05) is 49.2 Å². The van der Waals surface area contributed by atoms with Crippen LogP contribution in [-0.2, 0) is 4.79 Å². The molecule has 1 saturated carbocycles. The quantitative estimate of drug-likeness (QED) is 0.623. The summed E-state index contributed by atoms with van der Waals surface area (Å²) in [6, 6.07) is 7.90. The maximum atomic E-state index is 11.0. The van der Waals surface area contributed by atoms with Crippen molar-refractivity contribution < 1.29 is 9.90 Å². The molecule has 1 spiro atoms. The second-order valence-corrected chi connectivity index (χ2v) is 9.18. The number of aromatic amines is 1. The zero-order valence-corrected chi connectivity index (χ0v) is 18.1. The van der Waals surface area contributed by atoms with Crippen molar-refractivity contribution in [2.75, 3.05) is 18.0 Å². The summed E-state index contributed by atoms with van der Waals surface area (Å²) in [4.78, 5) is 26.7. The lowest BCUT2D eigenvalue weighted by molar-refractivity contribution is -0.138. The third-order valence-corrected chi connectivity index (χ3v) is 7.20. The molecule has 1 aliphatic heterocycles. The topological polar surface area (TPSA) is 108 Å². The van der Waals surface area contributed by atoms with Crippen LogP contribution in [0.4, 0.5) is 5.82 Å². The van der Waals surface area contributed by atoms with Gasteiger partial charge in [0.1, 0.15) is 5.82 Å². The van der Waals surface area contributed by atoms with Gasteiger partial charge in [-0.1, -0.05) is 0 Å². The lowest BCUT2D eigenvalue weighted by atomic mass is 9.65. The number of rotatable bonds is 5. The lowest BCUT2D eigenvalue weighted by Gasteiger charge is -2.46. The number of piperidine rings is 1. The van der Waals surface area contributed by atoms with Crippen LogP contribution in [0.15, 0.2) is 42.9 Å². The fourth-order valence-corrected chi connectivity index (χ4v) is 5.18. The summed E-state index contributed by atoms with van der Waals surface area (Å²) in [5.41, 5.74) is 2.17. The zero-order chi connectivity index (χ0) is 22.0. The molecule has 0 amide bonds.